The van der Waals surface area contributed by atoms with Crippen LogP contribution in [0.2, 0.25) is 0 Å². The number of nitrogens with two attached hydrogens (primary N) is 1. The number of carbonyl (C=O) groups is 2. The third-order valence-corrected chi connectivity index (χ3v) is 5.47. The maximum absolute atomic E-state index is 12.3. The maximum atomic E-state index is 12.3. The zero-order chi connectivity index (χ0) is 21.7. The first-order valence-corrected chi connectivity index (χ1v) is 9.92. The van der Waals surface area contributed by atoms with Gasteiger partial charge in [-0.25, -0.2) is 5.43 Å². The number of rotatable bonds is 7. The van der Waals surface area contributed by atoms with E-state index in [0.29, 0.717) is 28.5 Å². The summed E-state index contributed by atoms with van der Waals surface area (Å²) in [6, 6.07) is 10.4. The standard InChI is InChI=1S/C21H22N4O4S/c1-12(15-11-30-20-14(15)5-4-6-16(20)22)24-25-19(26)10-23-21(27)13-7-8-17(28-2)18(9-13)29-3/h4-9,11H,10,22H2,1-3H3,(H,23,27)(H,25,26)/b24-12+. The van der Waals surface area contributed by atoms with Crippen molar-refractivity contribution in [1.82, 2.24) is 10.7 Å². The minimum Gasteiger partial charge on any atom is -0.493 e. The highest BCUT2D eigenvalue weighted by Crippen LogP contribution is 2.31. The van der Waals surface area contributed by atoms with Gasteiger partial charge < -0.3 is 20.5 Å². The molecule has 8 nitrogen and oxygen atoms in total. The first-order valence-electron chi connectivity index (χ1n) is 9.04. The molecule has 0 fully saturated rings. The Morgan fingerprint density at radius 2 is 1.90 bits per heavy atom. The number of hydrazone groups is 1. The van der Waals surface area contributed by atoms with Crippen LogP contribution in [0.15, 0.2) is 46.9 Å². The van der Waals surface area contributed by atoms with Crippen molar-refractivity contribution >= 4 is 44.6 Å². The molecule has 2 amide bonds. The number of nitrogen functional groups attached to an aromatic ring is 1. The van der Waals surface area contributed by atoms with E-state index < -0.39 is 11.8 Å². The largest absolute Gasteiger partial charge is 0.493 e. The Morgan fingerprint density at radius 1 is 1.13 bits per heavy atom. The van der Waals surface area contributed by atoms with Gasteiger partial charge in [0.2, 0.25) is 0 Å². The SMILES string of the molecule is COc1ccc(C(=O)NCC(=O)N/N=C(\C)c2csc3c(N)cccc23)cc1OC. The molecule has 0 aliphatic heterocycles. The van der Waals surface area contributed by atoms with Gasteiger partial charge in [0.15, 0.2) is 11.5 Å². The molecule has 0 saturated heterocycles. The summed E-state index contributed by atoms with van der Waals surface area (Å²) >= 11 is 1.53. The smallest absolute Gasteiger partial charge is 0.259 e. The van der Waals surface area contributed by atoms with Crippen LogP contribution < -0.4 is 25.9 Å². The van der Waals surface area contributed by atoms with E-state index in [1.807, 2.05) is 23.6 Å². The minimum absolute atomic E-state index is 0.221. The lowest BCUT2D eigenvalue weighted by Crippen LogP contribution is -2.35. The van der Waals surface area contributed by atoms with E-state index in [4.69, 9.17) is 15.2 Å². The van der Waals surface area contributed by atoms with E-state index in [9.17, 15) is 9.59 Å². The predicted octanol–water partition coefficient (Wildman–Crippen LogP) is 2.77. The molecule has 2 aromatic carbocycles. The van der Waals surface area contributed by atoms with Crippen molar-refractivity contribution in [3.63, 3.8) is 0 Å². The van der Waals surface area contributed by atoms with Crippen LogP contribution in [0, 0.1) is 0 Å². The number of methoxy groups -OCH3 is 2. The third-order valence-electron chi connectivity index (χ3n) is 4.42. The highest BCUT2D eigenvalue weighted by Gasteiger charge is 2.13. The number of carbonyl (C=O) groups excluding carboxylic acids is 2. The average molecular weight is 426 g/mol. The quantitative estimate of drug-likeness (QED) is 0.305. The second-order valence-corrected chi connectivity index (χ2v) is 7.24. The van der Waals surface area contributed by atoms with E-state index in [-0.39, 0.29) is 6.54 Å². The molecule has 4 N–H and O–H groups in total. The number of nitrogens with one attached hydrogen (secondary N) is 2. The van der Waals surface area contributed by atoms with Crippen LogP contribution in [0.25, 0.3) is 10.1 Å². The second-order valence-electron chi connectivity index (χ2n) is 6.36. The number of hydrogen-bond donors (Lipinski definition) is 3. The topological polar surface area (TPSA) is 115 Å². The summed E-state index contributed by atoms with van der Waals surface area (Å²) in [5.74, 6) is 0.0890. The summed E-state index contributed by atoms with van der Waals surface area (Å²) in [5.41, 5.74) is 11.0. The number of hydrogen-bond acceptors (Lipinski definition) is 7. The number of ether oxygens (including phenoxy) is 2. The summed E-state index contributed by atoms with van der Waals surface area (Å²) in [4.78, 5) is 24.4. The lowest BCUT2D eigenvalue weighted by Gasteiger charge is -2.09. The van der Waals surface area contributed by atoms with Crippen LogP contribution >= 0.6 is 11.3 Å². The molecule has 0 saturated carbocycles. The molecule has 0 aliphatic rings. The zero-order valence-electron chi connectivity index (χ0n) is 16.8. The van der Waals surface area contributed by atoms with Crippen molar-refractivity contribution in [2.75, 3.05) is 26.5 Å². The molecular formula is C21H22N4O4S. The van der Waals surface area contributed by atoms with Gasteiger partial charge in [-0.15, -0.1) is 11.3 Å². The van der Waals surface area contributed by atoms with Gasteiger partial charge in [-0.2, -0.15) is 5.10 Å². The van der Waals surface area contributed by atoms with Crippen LogP contribution in [0.4, 0.5) is 5.69 Å². The maximum Gasteiger partial charge on any atom is 0.259 e. The normalized spacial score (nSPS) is 11.2. The Bertz CT molecular complexity index is 1120. The monoisotopic (exact) mass is 426 g/mol. The molecule has 156 valence electrons. The van der Waals surface area contributed by atoms with Gasteiger partial charge in [0.1, 0.15) is 0 Å². The van der Waals surface area contributed by atoms with Gasteiger partial charge in [-0.1, -0.05) is 12.1 Å². The molecule has 0 atom stereocenters. The van der Waals surface area contributed by atoms with E-state index in [1.54, 1.807) is 25.1 Å². The molecule has 1 aromatic heterocycles. The Hall–Kier alpha value is -3.59. The zero-order valence-corrected chi connectivity index (χ0v) is 17.6. The molecule has 30 heavy (non-hydrogen) atoms. The van der Waals surface area contributed by atoms with Crippen LogP contribution in [0.3, 0.4) is 0 Å². The molecule has 0 bridgehead atoms. The fourth-order valence-corrected chi connectivity index (χ4v) is 3.89. The molecule has 3 aromatic rings. The van der Waals surface area contributed by atoms with Crippen molar-refractivity contribution < 1.29 is 19.1 Å². The summed E-state index contributed by atoms with van der Waals surface area (Å²) in [7, 11) is 3.00. The molecule has 9 heteroatoms. The van der Waals surface area contributed by atoms with Gasteiger partial charge in [-0.05, 0) is 31.2 Å². The van der Waals surface area contributed by atoms with Crippen LogP contribution in [-0.2, 0) is 4.79 Å². The molecule has 0 spiro atoms. The summed E-state index contributed by atoms with van der Waals surface area (Å²) in [6.45, 7) is 1.58. The van der Waals surface area contributed by atoms with Crippen molar-refractivity contribution in [2.45, 2.75) is 6.92 Å². The minimum atomic E-state index is -0.442. The Morgan fingerprint density at radius 3 is 2.63 bits per heavy atom. The average Bonchev–Trinajstić information content (AvgIpc) is 3.20. The molecule has 0 radical (unpaired) electrons. The highest BCUT2D eigenvalue weighted by molar-refractivity contribution is 7.18. The molecule has 0 aliphatic carbocycles. The van der Waals surface area contributed by atoms with Gasteiger partial charge in [0.05, 0.1) is 31.2 Å². The summed E-state index contributed by atoms with van der Waals surface area (Å²) < 4.78 is 11.3. The van der Waals surface area contributed by atoms with Gasteiger partial charge >= 0.3 is 0 Å². The van der Waals surface area contributed by atoms with Crippen LogP contribution in [0.5, 0.6) is 11.5 Å². The number of nitrogens with zero attached hydrogens (tertiary/aromatic N) is 1. The second kappa shape index (κ2) is 9.27. The molecule has 0 unspecified atom stereocenters. The Labute approximate surface area is 177 Å². The first kappa shape index (κ1) is 21.1. The van der Waals surface area contributed by atoms with E-state index in [0.717, 1.165) is 15.6 Å². The molecule has 1 heterocycles. The van der Waals surface area contributed by atoms with Gasteiger partial charge in [-0.3, -0.25) is 9.59 Å². The predicted molar refractivity (Wildman–Crippen MR) is 118 cm³/mol. The summed E-state index contributed by atoms with van der Waals surface area (Å²) in [6.07, 6.45) is 0. The van der Waals surface area contributed by atoms with Crippen LogP contribution in [0.1, 0.15) is 22.8 Å². The third kappa shape index (κ3) is 4.52. The number of anilines is 1. The van der Waals surface area contributed by atoms with Crippen molar-refractivity contribution in [2.24, 2.45) is 5.10 Å². The fourth-order valence-electron chi connectivity index (χ4n) is 2.85. The first-order chi connectivity index (χ1) is 14.4. The van der Waals surface area contributed by atoms with E-state index in [1.165, 1.54) is 25.6 Å². The molecule has 3 rings (SSSR count). The van der Waals surface area contributed by atoms with Crippen molar-refractivity contribution in [1.29, 1.82) is 0 Å². The number of fused-ring (bicyclic) bond motifs is 1. The van der Waals surface area contributed by atoms with Crippen molar-refractivity contribution in [3.05, 3.63) is 52.9 Å². The molecular weight excluding hydrogens is 404 g/mol. The van der Waals surface area contributed by atoms with E-state index >= 15 is 0 Å². The van der Waals surface area contributed by atoms with Gasteiger partial charge in [0, 0.05) is 27.6 Å². The van der Waals surface area contributed by atoms with E-state index in [2.05, 4.69) is 15.8 Å². The van der Waals surface area contributed by atoms with Crippen molar-refractivity contribution in [3.8, 4) is 11.5 Å². The lowest BCUT2D eigenvalue weighted by atomic mass is 10.1. The summed E-state index contributed by atoms with van der Waals surface area (Å²) in [5, 5.41) is 9.63. The van der Waals surface area contributed by atoms with Gasteiger partial charge in [0.25, 0.3) is 11.8 Å². The Balaban J connectivity index is 1.60. The lowest BCUT2D eigenvalue weighted by molar-refractivity contribution is -0.120. The number of amides is 2. The number of benzene rings is 2. The Kier molecular flexibility index (Phi) is 6.53. The number of thiophene rings is 1. The van der Waals surface area contributed by atoms with Crippen LogP contribution in [-0.4, -0.2) is 38.3 Å². The fraction of sp³-hybridized carbons (Fsp3) is 0.190. The highest BCUT2D eigenvalue weighted by atomic mass is 32.1.